The number of carbonyl (C=O) groups is 1. The maximum atomic E-state index is 12.9. The average Bonchev–Trinajstić information content (AvgIpc) is 2.65. The molecule has 8 heteroatoms. The quantitative estimate of drug-likeness (QED) is 0.707. The monoisotopic (exact) mass is 369 g/mol. The van der Waals surface area contributed by atoms with E-state index in [9.17, 15) is 13.2 Å². The van der Waals surface area contributed by atoms with Crippen LogP contribution in [0.5, 0.6) is 0 Å². The Labute approximate surface area is 149 Å². The Morgan fingerprint density at radius 2 is 1.96 bits per heavy atom. The van der Waals surface area contributed by atoms with Gasteiger partial charge in [-0.3, -0.25) is 4.79 Å². The van der Waals surface area contributed by atoms with E-state index in [1.165, 1.54) is 11.4 Å². The first-order valence-corrected chi connectivity index (χ1v) is 10.0. The standard InChI is InChI=1S/C17H27N3O4S/c1-24-15(12-18)11-17(21)19-13-14-7-3-4-8-16(14)25(22,23)20-9-5-2-6-10-20/h3-4,7-8,15H,2,5-6,9-13,18H2,1H3,(H,19,21). The second-order valence-electron chi connectivity index (χ2n) is 6.15. The molecule has 2 rings (SSSR count). The molecule has 140 valence electrons. The number of sulfonamides is 1. The number of rotatable bonds is 8. The van der Waals surface area contributed by atoms with E-state index < -0.39 is 10.0 Å². The summed E-state index contributed by atoms with van der Waals surface area (Å²) < 4.78 is 32.4. The van der Waals surface area contributed by atoms with Crippen molar-refractivity contribution in [3.8, 4) is 0 Å². The molecule has 1 amide bonds. The molecule has 1 aromatic carbocycles. The summed E-state index contributed by atoms with van der Waals surface area (Å²) in [6, 6.07) is 6.81. The number of hydrogen-bond acceptors (Lipinski definition) is 5. The second-order valence-corrected chi connectivity index (χ2v) is 8.05. The van der Waals surface area contributed by atoms with Gasteiger partial charge in [-0.15, -0.1) is 0 Å². The fraction of sp³-hybridized carbons (Fsp3) is 0.588. The number of carbonyl (C=O) groups excluding carboxylic acids is 1. The zero-order valence-corrected chi connectivity index (χ0v) is 15.4. The van der Waals surface area contributed by atoms with E-state index in [4.69, 9.17) is 10.5 Å². The lowest BCUT2D eigenvalue weighted by Crippen LogP contribution is -2.36. The van der Waals surface area contributed by atoms with Gasteiger partial charge >= 0.3 is 0 Å². The molecule has 1 aliphatic heterocycles. The number of ether oxygens (including phenoxy) is 1. The van der Waals surface area contributed by atoms with Gasteiger partial charge in [0, 0.05) is 33.3 Å². The normalized spacial score (nSPS) is 17.2. The van der Waals surface area contributed by atoms with E-state index in [1.807, 2.05) is 0 Å². The zero-order chi connectivity index (χ0) is 18.3. The molecular formula is C17H27N3O4S. The number of nitrogens with one attached hydrogen (secondary N) is 1. The largest absolute Gasteiger partial charge is 0.380 e. The van der Waals surface area contributed by atoms with Gasteiger partial charge in [-0.05, 0) is 24.5 Å². The Balaban J connectivity index is 2.08. The minimum absolute atomic E-state index is 0.147. The number of benzene rings is 1. The minimum atomic E-state index is -3.54. The Kier molecular flexibility index (Phi) is 7.37. The van der Waals surface area contributed by atoms with Crippen LogP contribution in [0.15, 0.2) is 29.2 Å². The van der Waals surface area contributed by atoms with E-state index in [0.29, 0.717) is 18.7 Å². The van der Waals surface area contributed by atoms with Crippen molar-refractivity contribution in [3.63, 3.8) is 0 Å². The summed E-state index contributed by atoms with van der Waals surface area (Å²) in [5.74, 6) is -0.220. The third kappa shape index (κ3) is 5.24. The highest BCUT2D eigenvalue weighted by Crippen LogP contribution is 2.23. The number of methoxy groups -OCH3 is 1. The summed E-state index contributed by atoms with van der Waals surface area (Å²) in [6.45, 7) is 1.51. The molecule has 0 bridgehead atoms. The molecule has 1 fully saturated rings. The maximum absolute atomic E-state index is 12.9. The fourth-order valence-corrected chi connectivity index (χ4v) is 4.62. The van der Waals surface area contributed by atoms with Crippen molar-refractivity contribution < 1.29 is 17.9 Å². The summed E-state index contributed by atoms with van der Waals surface area (Å²) >= 11 is 0. The van der Waals surface area contributed by atoms with Crippen molar-refractivity contribution >= 4 is 15.9 Å². The van der Waals surface area contributed by atoms with Crippen molar-refractivity contribution in [1.29, 1.82) is 0 Å². The molecule has 0 aliphatic carbocycles. The van der Waals surface area contributed by atoms with Gasteiger partial charge in [0.1, 0.15) is 0 Å². The van der Waals surface area contributed by atoms with Crippen LogP contribution in [0.2, 0.25) is 0 Å². The SMILES string of the molecule is COC(CN)CC(=O)NCc1ccccc1S(=O)(=O)N1CCCCC1. The highest BCUT2D eigenvalue weighted by atomic mass is 32.2. The first-order valence-electron chi connectivity index (χ1n) is 8.56. The molecule has 1 unspecified atom stereocenters. The molecule has 1 heterocycles. The molecule has 1 aliphatic rings. The molecule has 1 saturated heterocycles. The molecule has 25 heavy (non-hydrogen) atoms. The van der Waals surface area contributed by atoms with E-state index in [2.05, 4.69) is 5.32 Å². The first-order chi connectivity index (χ1) is 12.0. The number of nitrogens with zero attached hydrogens (tertiary/aromatic N) is 1. The number of amides is 1. The van der Waals surface area contributed by atoms with Crippen LogP contribution in [-0.4, -0.2) is 51.5 Å². The van der Waals surface area contributed by atoms with Crippen LogP contribution in [0.3, 0.4) is 0 Å². The number of nitrogens with two attached hydrogens (primary N) is 1. The second kappa shape index (κ2) is 9.28. The molecule has 1 atom stereocenters. The van der Waals surface area contributed by atoms with Crippen molar-refractivity contribution in [1.82, 2.24) is 9.62 Å². The van der Waals surface area contributed by atoms with Gasteiger partial charge in [-0.1, -0.05) is 24.6 Å². The molecule has 0 spiro atoms. The van der Waals surface area contributed by atoms with Crippen LogP contribution in [0.4, 0.5) is 0 Å². The van der Waals surface area contributed by atoms with Gasteiger partial charge in [-0.2, -0.15) is 4.31 Å². The van der Waals surface area contributed by atoms with Gasteiger partial charge in [-0.25, -0.2) is 8.42 Å². The van der Waals surface area contributed by atoms with Crippen LogP contribution in [0.25, 0.3) is 0 Å². The van der Waals surface area contributed by atoms with Crippen LogP contribution in [0, 0.1) is 0 Å². The smallest absolute Gasteiger partial charge is 0.243 e. The summed E-state index contributed by atoms with van der Waals surface area (Å²) in [7, 11) is -2.03. The molecule has 7 nitrogen and oxygen atoms in total. The summed E-state index contributed by atoms with van der Waals surface area (Å²) in [5.41, 5.74) is 6.10. The maximum Gasteiger partial charge on any atom is 0.243 e. The molecular weight excluding hydrogens is 342 g/mol. The zero-order valence-electron chi connectivity index (χ0n) is 14.6. The predicted molar refractivity (Wildman–Crippen MR) is 95.4 cm³/mol. The molecule has 0 saturated carbocycles. The van der Waals surface area contributed by atoms with E-state index in [0.717, 1.165) is 19.3 Å². The van der Waals surface area contributed by atoms with Crippen molar-refractivity contribution in [2.24, 2.45) is 5.73 Å². The fourth-order valence-electron chi connectivity index (χ4n) is 2.88. The Morgan fingerprint density at radius 1 is 1.28 bits per heavy atom. The summed E-state index contributed by atoms with van der Waals surface area (Å²) in [4.78, 5) is 12.3. The van der Waals surface area contributed by atoms with Crippen LogP contribution < -0.4 is 11.1 Å². The van der Waals surface area contributed by atoms with Crippen molar-refractivity contribution in [2.75, 3.05) is 26.7 Å². The van der Waals surface area contributed by atoms with Crippen LogP contribution in [-0.2, 0) is 26.1 Å². The lowest BCUT2D eigenvalue weighted by molar-refractivity contribution is -0.123. The molecule has 1 aromatic rings. The first kappa shape index (κ1) is 19.8. The van der Waals surface area contributed by atoms with E-state index in [1.54, 1.807) is 24.3 Å². The van der Waals surface area contributed by atoms with Gasteiger partial charge in [0.05, 0.1) is 17.4 Å². The number of piperidine rings is 1. The number of hydrogen-bond donors (Lipinski definition) is 2. The lowest BCUT2D eigenvalue weighted by Gasteiger charge is -2.26. The third-order valence-corrected chi connectivity index (χ3v) is 6.39. The van der Waals surface area contributed by atoms with E-state index in [-0.39, 0.29) is 36.4 Å². The topological polar surface area (TPSA) is 102 Å². The van der Waals surface area contributed by atoms with Gasteiger partial charge in [0.15, 0.2) is 0 Å². The summed E-state index contributed by atoms with van der Waals surface area (Å²) in [6.07, 6.45) is 2.64. The minimum Gasteiger partial charge on any atom is -0.380 e. The van der Waals surface area contributed by atoms with Crippen LogP contribution >= 0.6 is 0 Å². The summed E-state index contributed by atoms with van der Waals surface area (Å²) in [5, 5.41) is 2.76. The van der Waals surface area contributed by atoms with E-state index >= 15 is 0 Å². The Morgan fingerprint density at radius 3 is 2.60 bits per heavy atom. The molecule has 0 aromatic heterocycles. The third-order valence-electron chi connectivity index (χ3n) is 4.39. The van der Waals surface area contributed by atoms with Crippen LogP contribution in [0.1, 0.15) is 31.2 Å². The van der Waals surface area contributed by atoms with Gasteiger partial charge < -0.3 is 15.8 Å². The Hall–Kier alpha value is -1.48. The lowest BCUT2D eigenvalue weighted by atomic mass is 10.2. The highest BCUT2D eigenvalue weighted by Gasteiger charge is 2.27. The molecule has 0 radical (unpaired) electrons. The average molecular weight is 369 g/mol. The van der Waals surface area contributed by atoms with Gasteiger partial charge in [0.25, 0.3) is 0 Å². The predicted octanol–water partition coefficient (Wildman–Crippen LogP) is 0.841. The van der Waals surface area contributed by atoms with Crippen molar-refractivity contribution in [3.05, 3.63) is 29.8 Å². The van der Waals surface area contributed by atoms with Crippen molar-refractivity contribution in [2.45, 2.75) is 43.2 Å². The molecule has 3 N–H and O–H groups in total. The highest BCUT2D eigenvalue weighted by molar-refractivity contribution is 7.89. The Bertz CT molecular complexity index is 668. The van der Waals surface area contributed by atoms with Gasteiger partial charge in [0.2, 0.25) is 15.9 Å².